The van der Waals surface area contributed by atoms with Gasteiger partial charge in [0.2, 0.25) is 11.8 Å². The number of benzene rings is 1. The molecule has 3 nitrogen and oxygen atoms in total. The van der Waals surface area contributed by atoms with Gasteiger partial charge in [0, 0.05) is 5.69 Å². The number of carbonyl (C=O) groups is 1. The summed E-state index contributed by atoms with van der Waals surface area (Å²) in [5.41, 5.74) is -0.0607. The fourth-order valence-corrected chi connectivity index (χ4v) is 1.51. The molecule has 0 radical (unpaired) electrons. The zero-order chi connectivity index (χ0) is 16.4. The maximum atomic E-state index is 12.4. The third-order valence-corrected chi connectivity index (χ3v) is 2.54. The number of aryl methyl sites for hydroxylation is 1. The Labute approximate surface area is 115 Å². The van der Waals surface area contributed by atoms with Gasteiger partial charge in [-0.2, -0.15) is 31.6 Å². The van der Waals surface area contributed by atoms with Gasteiger partial charge < -0.3 is 5.32 Å². The molecule has 21 heavy (non-hydrogen) atoms. The molecule has 1 amide bonds. The summed E-state index contributed by atoms with van der Waals surface area (Å²) in [6.07, 6.45) is -11.5. The van der Waals surface area contributed by atoms with Crippen molar-refractivity contribution in [1.82, 2.24) is 0 Å². The Morgan fingerprint density at radius 1 is 1.19 bits per heavy atom. The molecular weight excluding hydrogens is 302 g/mol. The van der Waals surface area contributed by atoms with E-state index in [2.05, 4.69) is 0 Å². The number of nitriles is 1. The van der Waals surface area contributed by atoms with Crippen molar-refractivity contribution >= 4 is 11.6 Å². The molecule has 0 spiro atoms. The molecular formula is C12H8F6N2O. The monoisotopic (exact) mass is 310 g/mol. The lowest BCUT2D eigenvalue weighted by Gasteiger charge is -2.22. The molecule has 9 heteroatoms. The fourth-order valence-electron chi connectivity index (χ4n) is 1.51. The third kappa shape index (κ3) is 4.11. The number of anilines is 1. The van der Waals surface area contributed by atoms with E-state index in [1.807, 2.05) is 0 Å². The van der Waals surface area contributed by atoms with E-state index in [1.165, 1.54) is 19.1 Å². The van der Waals surface area contributed by atoms with Gasteiger partial charge in [0.1, 0.15) is 0 Å². The van der Waals surface area contributed by atoms with E-state index in [0.29, 0.717) is 0 Å². The molecule has 114 valence electrons. The van der Waals surface area contributed by atoms with Gasteiger partial charge >= 0.3 is 12.4 Å². The number of hydrogen-bond donors (Lipinski definition) is 1. The molecule has 0 atom stereocenters. The minimum absolute atomic E-state index is 0.00790. The molecule has 1 aromatic carbocycles. The lowest BCUT2D eigenvalue weighted by atomic mass is 10.1. The standard InChI is InChI=1S/C12H8F6N2O/c1-6-2-3-7(5-19)4-8(6)20-10(21)9(11(13,14)15)12(16,17)18/h2-4,9H,1H3,(H,20,21). The number of hydrogen-bond acceptors (Lipinski definition) is 2. The average Bonchev–Trinajstić information content (AvgIpc) is 2.28. The van der Waals surface area contributed by atoms with E-state index in [0.717, 1.165) is 6.07 Å². The van der Waals surface area contributed by atoms with Crippen LogP contribution in [0.5, 0.6) is 0 Å². The van der Waals surface area contributed by atoms with Crippen molar-refractivity contribution in [2.45, 2.75) is 19.3 Å². The highest BCUT2D eigenvalue weighted by atomic mass is 19.4. The Morgan fingerprint density at radius 2 is 1.71 bits per heavy atom. The first-order valence-electron chi connectivity index (χ1n) is 5.42. The number of carbonyl (C=O) groups excluding carboxylic acids is 1. The summed E-state index contributed by atoms with van der Waals surface area (Å²) in [5.74, 6) is -6.37. The Hall–Kier alpha value is -2.24. The highest BCUT2D eigenvalue weighted by molar-refractivity contribution is 5.94. The maximum Gasteiger partial charge on any atom is 0.409 e. The highest BCUT2D eigenvalue weighted by Crippen LogP contribution is 2.40. The number of amides is 1. The first-order chi connectivity index (χ1) is 9.46. The van der Waals surface area contributed by atoms with Crippen molar-refractivity contribution in [2.75, 3.05) is 5.32 Å². The summed E-state index contributed by atoms with van der Waals surface area (Å²) >= 11 is 0. The van der Waals surface area contributed by atoms with Crippen LogP contribution in [0.25, 0.3) is 0 Å². The molecule has 0 aliphatic heterocycles. The normalized spacial score (nSPS) is 12.1. The number of rotatable bonds is 2. The van der Waals surface area contributed by atoms with Crippen molar-refractivity contribution in [1.29, 1.82) is 5.26 Å². The second-order valence-corrected chi connectivity index (χ2v) is 4.15. The smallest absolute Gasteiger partial charge is 0.325 e. The van der Waals surface area contributed by atoms with Crippen LogP contribution < -0.4 is 5.32 Å². The zero-order valence-corrected chi connectivity index (χ0v) is 10.4. The zero-order valence-electron chi connectivity index (χ0n) is 10.4. The van der Waals surface area contributed by atoms with Crippen LogP contribution in [0.3, 0.4) is 0 Å². The van der Waals surface area contributed by atoms with Gasteiger partial charge in [0.05, 0.1) is 11.6 Å². The first-order valence-corrected chi connectivity index (χ1v) is 5.42. The van der Waals surface area contributed by atoms with Crippen LogP contribution in [0.1, 0.15) is 11.1 Å². The molecule has 1 rings (SSSR count). The number of alkyl halides is 6. The molecule has 0 aliphatic rings. The van der Waals surface area contributed by atoms with Crippen molar-refractivity contribution in [2.24, 2.45) is 5.92 Å². The van der Waals surface area contributed by atoms with Crippen molar-refractivity contribution in [3.8, 4) is 6.07 Å². The summed E-state index contributed by atoms with van der Waals surface area (Å²) in [6, 6.07) is 5.27. The first kappa shape index (κ1) is 16.8. The second kappa shape index (κ2) is 5.63. The summed E-state index contributed by atoms with van der Waals surface area (Å²) < 4.78 is 74.3. The van der Waals surface area contributed by atoms with Crippen molar-refractivity contribution in [3.05, 3.63) is 29.3 Å². The molecule has 0 unspecified atom stereocenters. The Bertz CT molecular complexity index is 571. The highest BCUT2D eigenvalue weighted by Gasteiger charge is 2.61. The topological polar surface area (TPSA) is 52.9 Å². The van der Waals surface area contributed by atoms with Crippen molar-refractivity contribution < 1.29 is 31.1 Å². The van der Waals surface area contributed by atoms with Gasteiger partial charge in [-0.3, -0.25) is 4.79 Å². The maximum absolute atomic E-state index is 12.4. The van der Waals surface area contributed by atoms with Crippen LogP contribution in [0, 0.1) is 24.2 Å². The van der Waals surface area contributed by atoms with Gasteiger partial charge in [-0.1, -0.05) is 6.07 Å². The molecule has 0 saturated carbocycles. The van der Waals surface area contributed by atoms with Crippen LogP contribution in [-0.2, 0) is 4.79 Å². The SMILES string of the molecule is Cc1ccc(C#N)cc1NC(=O)C(C(F)(F)F)C(F)(F)F. The van der Waals surface area contributed by atoms with Crippen molar-refractivity contribution in [3.63, 3.8) is 0 Å². The molecule has 0 aliphatic carbocycles. The van der Waals surface area contributed by atoms with E-state index in [1.54, 1.807) is 11.4 Å². The minimum atomic E-state index is -5.76. The lowest BCUT2D eigenvalue weighted by molar-refractivity contribution is -0.272. The Balaban J connectivity index is 3.12. The molecule has 0 fully saturated rings. The van der Waals surface area contributed by atoms with Crippen LogP contribution in [-0.4, -0.2) is 18.3 Å². The van der Waals surface area contributed by atoms with Gasteiger partial charge in [-0.15, -0.1) is 0 Å². The summed E-state index contributed by atoms with van der Waals surface area (Å²) in [5, 5.41) is 10.2. The summed E-state index contributed by atoms with van der Waals surface area (Å²) in [7, 11) is 0. The predicted molar refractivity (Wildman–Crippen MR) is 60.1 cm³/mol. The molecule has 0 heterocycles. The van der Waals surface area contributed by atoms with Gasteiger partial charge in [-0.05, 0) is 24.6 Å². The predicted octanol–water partition coefficient (Wildman–Crippen LogP) is 3.55. The van der Waals surface area contributed by atoms with Crippen LogP contribution in [0.4, 0.5) is 32.0 Å². The van der Waals surface area contributed by atoms with Crippen LogP contribution in [0.2, 0.25) is 0 Å². The second-order valence-electron chi connectivity index (χ2n) is 4.15. The van der Waals surface area contributed by atoms with Gasteiger partial charge in [0.25, 0.3) is 0 Å². The molecule has 0 saturated heterocycles. The van der Waals surface area contributed by atoms with Gasteiger partial charge in [-0.25, -0.2) is 0 Å². The van der Waals surface area contributed by atoms with Gasteiger partial charge in [0.15, 0.2) is 0 Å². The Kier molecular flexibility index (Phi) is 4.51. The number of halogens is 6. The lowest BCUT2D eigenvalue weighted by Crippen LogP contribution is -2.45. The molecule has 1 aromatic rings. The Morgan fingerprint density at radius 3 is 2.14 bits per heavy atom. The number of nitrogens with zero attached hydrogens (tertiary/aromatic N) is 1. The van der Waals surface area contributed by atoms with E-state index in [9.17, 15) is 31.1 Å². The quantitative estimate of drug-likeness (QED) is 0.849. The van der Waals surface area contributed by atoms with E-state index < -0.39 is 24.2 Å². The average molecular weight is 310 g/mol. The van der Waals surface area contributed by atoms with E-state index >= 15 is 0 Å². The molecule has 0 aromatic heterocycles. The minimum Gasteiger partial charge on any atom is -0.325 e. The molecule has 1 N–H and O–H groups in total. The van der Waals surface area contributed by atoms with Crippen LogP contribution >= 0.6 is 0 Å². The number of nitrogens with one attached hydrogen (secondary N) is 1. The third-order valence-electron chi connectivity index (χ3n) is 2.54. The largest absolute Gasteiger partial charge is 0.409 e. The van der Waals surface area contributed by atoms with E-state index in [4.69, 9.17) is 5.26 Å². The molecule has 0 bridgehead atoms. The van der Waals surface area contributed by atoms with E-state index in [-0.39, 0.29) is 16.8 Å². The summed E-state index contributed by atoms with van der Waals surface area (Å²) in [6.45, 7) is 1.37. The summed E-state index contributed by atoms with van der Waals surface area (Å²) in [4.78, 5) is 11.3. The van der Waals surface area contributed by atoms with Crippen LogP contribution in [0.15, 0.2) is 18.2 Å². The fraction of sp³-hybridized carbons (Fsp3) is 0.333.